The van der Waals surface area contributed by atoms with Crippen LogP contribution in [0.15, 0.2) is 30.3 Å². The van der Waals surface area contributed by atoms with E-state index < -0.39 is 5.82 Å². The number of hydrogen-bond acceptors (Lipinski definition) is 2. The highest BCUT2D eigenvalue weighted by atomic mass is 19.1. The average Bonchev–Trinajstić information content (AvgIpc) is 2.81. The smallest absolute Gasteiger partial charge is 0.187 e. The van der Waals surface area contributed by atoms with Gasteiger partial charge in [0.1, 0.15) is 12.4 Å². The number of halogens is 1. The van der Waals surface area contributed by atoms with E-state index >= 15 is 0 Å². The Hall–Kier alpha value is -1.97. The normalized spacial score (nSPS) is 10.7. The van der Waals surface area contributed by atoms with Crippen LogP contribution in [0.5, 0.6) is 0 Å². The van der Waals surface area contributed by atoms with Crippen LogP contribution in [-0.2, 0) is 19.4 Å². The van der Waals surface area contributed by atoms with Crippen LogP contribution >= 0.6 is 0 Å². The van der Waals surface area contributed by atoms with Crippen molar-refractivity contribution in [2.75, 3.05) is 0 Å². The van der Waals surface area contributed by atoms with Crippen molar-refractivity contribution in [3.05, 3.63) is 53.1 Å². The van der Waals surface area contributed by atoms with Gasteiger partial charge in [-0.1, -0.05) is 26.0 Å². The molecule has 0 aliphatic heterocycles. The first-order chi connectivity index (χ1) is 9.15. The van der Waals surface area contributed by atoms with E-state index in [0.717, 1.165) is 24.2 Å². The molecule has 3 nitrogen and oxygen atoms in total. The third kappa shape index (κ3) is 2.89. The maximum Gasteiger partial charge on any atom is 0.187 e. The Morgan fingerprint density at radius 1 is 1.26 bits per heavy atom. The fourth-order valence-corrected chi connectivity index (χ4v) is 2.02. The van der Waals surface area contributed by atoms with Gasteiger partial charge in [-0.15, -0.1) is 0 Å². The number of ketones is 1. The molecule has 1 heterocycles. The number of carbonyl (C=O) groups is 1. The molecule has 0 saturated carbocycles. The summed E-state index contributed by atoms with van der Waals surface area (Å²) in [4.78, 5) is 12.1. The van der Waals surface area contributed by atoms with E-state index in [1.54, 1.807) is 16.8 Å². The predicted octanol–water partition coefficient (Wildman–Crippen LogP) is 3.03. The maximum absolute atomic E-state index is 13.5. The molecule has 0 atom stereocenters. The van der Waals surface area contributed by atoms with Gasteiger partial charge in [-0.2, -0.15) is 5.10 Å². The molecule has 1 aromatic carbocycles. The van der Waals surface area contributed by atoms with Crippen molar-refractivity contribution in [2.45, 2.75) is 33.2 Å². The molecule has 0 radical (unpaired) electrons. The standard InChI is InChI=1S/C15H17FN2O/c1-3-11-9-12(4-2)18(17-11)10-15(19)13-7-5-6-8-14(13)16/h5-9H,3-4,10H2,1-2H3. The molecule has 4 heteroatoms. The summed E-state index contributed by atoms with van der Waals surface area (Å²) < 4.78 is 15.2. The number of rotatable bonds is 5. The van der Waals surface area contributed by atoms with E-state index in [0.29, 0.717) is 0 Å². The quantitative estimate of drug-likeness (QED) is 0.774. The molecule has 1 aromatic heterocycles. The largest absolute Gasteiger partial charge is 0.292 e. The Morgan fingerprint density at radius 3 is 2.63 bits per heavy atom. The molecule has 100 valence electrons. The summed E-state index contributed by atoms with van der Waals surface area (Å²) in [6.45, 7) is 4.12. The second kappa shape index (κ2) is 5.78. The SMILES string of the molecule is CCc1cc(CC)n(CC(=O)c2ccccc2F)n1. The van der Waals surface area contributed by atoms with Crippen LogP contribution in [-0.4, -0.2) is 15.6 Å². The molecule has 2 aromatic rings. The van der Waals surface area contributed by atoms with Crippen LogP contribution in [0.1, 0.15) is 35.6 Å². The zero-order valence-electron chi connectivity index (χ0n) is 11.2. The Bertz CT molecular complexity index is 590. The van der Waals surface area contributed by atoms with Gasteiger partial charge < -0.3 is 0 Å². The monoisotopic (exact) mass is 260 g/mol. The minimum absolute atomic E-state index is 0.0874. The zero-order chi connectivity index (χ0) is 13.8. The van der Waals surface area contributed by atoms with Gasteiger partial charge >= 0.3 is 0 Å². The van der Waals surface area contributed by atoms with Gasteiger partial charge in [-0.3, -0.25) is 9.48 Å². The van der Waals surface area contributed by atoms with E-state index in [4.69, 9.17) is 0 Å². The summed E-state index contributed by atoms with van der Waals surface area (Å²) in [6, 6.07) is 8.04. The molecule has 0 spiro atoms. The molecule has 0 fully saturated rings. The fourth-order valence-electron chi connectivity index (χ4n) is 2.02. The van der Waals surface area contributed by atoms with E-state index in [1.807, 2.05) is 19.9 Å². The van der Waals surface area contributed by atoms with Gasteiger partial charge in [0.15, 0.2) is 5.78 Å². The van der Waals surface area contributed by atoms with E-state index in [1.165, 1.54) is 12.1 Å². The Balaban J connectivity index is 2.24. The first-order valence-electron chi connectivity index (χ1n) is 6.49. The van der Waals surface area contributed by atoms with Crippen molar-refractivity contribution in [1.29, 1.82) is 0 Å². The molecule has 2 rings (SSSR count). The number of aromatic nitrogens is 2. The summed E-state index contributed by atoms with van der Waals surface area (Å²) >= 11 is 0. The minimum Gasteiger partial charge on any atom is -0.292 e. The highest BCUT2D eigenvalue weighted by Gasteiger charge is 2.14. The molecule has 0 amide bonds. The van der Waals surface area contributed by atoms with Crippen molar-refractivity contribution in [3.63, 3.8) is 0 Å². The van der Waals surface area contributed by atoms with E-state index in [2.05, 4.69) is 5.10 Å². The second-order valence-corrected chi connectivity index (χ2v) is 4.39. The number of carbonyl (C=O) groups excluding carboxylic acids is 1. The van der Waals surface area contributed by atoms with Crippen LogP contribution in [0.3, 0.4) is 0 Å². The van der Waals surface area contributed by atoms with Crippen molar-refractivity contribution in [2.24, 2.45) is 0 Å². The first kappa shape index (κ1) is 13.5. The highest BCUT2D eigenvalue weighted by molar-refractivity contribution is 5.96. The topological polar surface area (TPSA) is 34.9 Å². The molecular weight excluding hydrogens is 243 g/mol. The summed E-state index contributed by atoms with van der Waals surface area (Å²) in [5.41, 5.74) is 2.08. The van der Waals surface area contributed by atoms with Gasteiger partial charge in [-0.05, 0) is 31.0 Å². The number of nitrogens with zero attached hydrogens (tertiary/aromatic N) is 2. The summed E-state index contributed by atoms with van der Waals surface area (Å²) in [6.07, 6.45) is 1.63. The Kier molecular flexibility index (Phi) is 4.10. The average molecular weight is 260 g/mol. The molecule has 0 saturated heterocycles. The Labute approximate surface area is 112 Å². The van der Waals surface area contributed by atoms with Crippen LogP contribution < -0.4 is 0 Å². The molecule has 0 unspecified atom stereocenters. The number of hydrogen-bond donors (Lipinski definition) is 0. The third-order valence-electron chi connectivity index (χ3n) is 3.11. The molecular formula is C15H17FN2O. The van der Waals surface area contributed by atoms with Crippen molar-refractivity contribution in [3.8, 4) is 0 Å². The third-order valence-corrected chi connectivity index (χ3v) is 3.11. The minimum atomic E-state index is -0.478. The summed E-state index contributed by atoms with van der Waals surface area (Å²) in [7, 11) is 0. The van der Waals surface area contributed by atoms with Crippen molar-refractivity contribution in [1.82, 2.24) is 9.78 Å². The van der Waals surface area contributed by atoms with Crippen LogP contribution in [0, 0.1) is 5.82 Å². The van der Waals surface area contributed by atoms with Crippen LogP contribution in [0.4, 0.5) is 4.39 Å². The van der Waals surface area contributed by atoms with Crippen LogP contribution in [0.25, 0.3) is 0 Å². The lowest BCUT2D eigenvalue weighted by Crippen LogP contribution is -2.15. The van der Waals surface area contributed by atoms with Gasteiger partial charge in [0.25, 0.3) is 0 Å². The molecule has 0 aliphatic carbocycles. The first-order valence-corrected chi connectivity index (χ1v) is 6.49. The van der Waals surface area contributed by atoms with Crippen molar-refractivity contribution < 1.29 is 9.18 Å². The van der Waals surface area contributed by atoms with E-state index in [-0.39, 0.29) is 17.9 Å². The highest BCUT2D eigenvalue weighted by Crippen LogP contribution is 2.11. The second-order valence-electron chi connectivity index (χ2n) is 4.39. The molecule has 0 aliphatic rings. The summed E-state index contributed by atoms with van der Waals surface area (Å²) in [5, 5.41) is 4.37. The zero-order valence-corrected chi connectivity index (χ0v) is 11.2. The van der Waals surface area contributed by atoms with Gasteiger partial charge in [-0.25, -0.2) is 4.39 Å². The number of benzene rings is 1. The maximum atomic E-state index is 13.5. The van der Waals surface area contributed by atoms with Gasteiger partial charge in [0.05, 0.1) is 11.3 Å². The van der Waals surface area contributed by atoms with Gasteiger partial charge in [0, 0.05) is 5.69 Å². The number of Topliss-reactive ketones (excluding diaryl/α,β-unsaturated/α-hetero) is 1. The van der Waals surface area contributed by atoms with Gasteiger partial charge in [0.2, 0.25) is 0 Å². The molecule has 19 heavy (non-hydrogen) atoms. The fraction of sp³-hybridized carbons (Fsp3) is 0.333. The van der Waals surface area contributed by atoms with E-state index in [9.17, 15) is 9.18 Å². The lowest BCUT2D eigenvalue weighted by Gasteiger charge is -2.06. The lowest BCUT2D eigenvalue weighted by molar-refractivity contribution is 0.0962. The Morgan fingerprint density at radius 2 is 2.00 bits per heavy atom. The molecule has 0 bridgehead atoms. The summed E-state index contributed by atoms with van der Waals surface area (Å²) in [5.74, 6) is -0.730. The number of aryl methyl sites for hydroxylation is 2. The lowest BCUT2D eigenvalue weighted by atomic mass is 10.1. The predicted molar refractivity (Wildman–Crippen MR) is 71.7 cm³/mol. The molecule has 0 N–H and O–H groups in total. The van der Waals surface area contributed by atoms with Crippen molar-refractivity contribution >= 4 is 5.78 Å². The van der Waals surface area contributed by atoms with Crippen LogP contribution in [0.2, 0.25) is 0 Å².